The number of amides is 1. The van der Waals surface area contributed by atoms with Crippen molar-refractivity contribution < 1.29 is 22.4 Å². The van der Waals surface area contributed by atoms with Gasteiger partial charge in [0.1, 0.15) is 5.82 Å². The molecule has 2 rings (SSSR count). The molecule has 2 aromatic carbocycles. The van der Waals surface area contributed by atoms with Gasteiger partial charge >= 0.3 is 6.18 Å². The van der Waals surface area contributed by atoms with Gasteiger partial charge in [-0.1, -0.05) is 23.7 Å². The van der Waals surface area contributed by atoms with Crippen LogP contribution in [0.1, 0.15) is 12.5 Å². The third-order valence-corrected chi connectivity index (χ3v) is 4.48. The Bertz CT molecular complexity index is 751. The van der Waals surface area contributed by atoms with Gasteiger partial charge in [-0.15, -0.1) is 11.8 Å². The van der Waals surface area contributed by atoms with E-state index in [2.05, 4.69) is 5.32 Å². The molecule has 0 fully saturated rings. The molecule has 0 aliphatic carbocycles. The van der Waals surface area contributed by atoms with Crippen LogP contribution in [0.3, 0.4) is 0 Å². The molecule has 0 aromatic heterocycles. The van der Waals surface area contributed by atoms with Crippen LogP contribution in [-0.4, -0.2) is 11.2 Å². The quantitative estimate of drug-likeness (QED) is 0.553. The third-order valence-electron chi connectivity index (χ3n) is 3.06. The average Bonchev–Trinajstić information content (AvgIpc) is 2.50. The van der Waals surface area contributed by atoms with E-state index < -0.39 is 33.7 Å². The molecule has 0 radical (unpaired) electrons. The molecule has 2 nitrogen and oxygen atoms in total. The van der Waals surface area contributed by atoms with E-state index in [1.54, 1.807) is 6.07 Å². The molecule has 0 spiro atoms. The normalized spacial score (nSPS) is 12.8. The number of benzene rings is 2. The van der Waals surface area contributed by atoms with Gasteiger partial charge in [0.15, 0.2) is 0 Å². The number of alkyl halides is 3. The summed E-state index contributed by atoms with van der Waals surface area (Å²) in [6.45, 7) is 1.52. The molecule has 2 aromatic rings. The Labute approximate surface area is 145 Å². The fraction of sp³-hybridized carbons (Fsp3) is 0.188. The van der Waals surface area contributed by atoms with Crippen molar-refractivity contribution in [2.24, 2.45) is 0 Å². The number of anilines is 1. The van der Waals surface area contributed by atoms with Crippen LogP contribution in [0.25, 0.3) is 0 Å². The lowest BCUT2D eigenvalue weighted by Crippen LogP contribution is -2.23. The van der Waals surface area contributed by atoms with Crippen LogP contribution in [-0.2, 0) is 11.0 Å². The monoisotopic (exact) mass is 377 g/mol. The fourth-order valence-electron chi connectivity index (χ4n) is 1.85. The fourth-order valence-corrected chi connectivity index (χ4v) is 2.98. The number of hydrogen-bond acceptors (Lipinski definition) is 2. The summed E-state index contributed by atoms with van der Waals surface area (Å²) >= 11 is 6.48. The van der Waals surface area contributed by atoms with Crippen molar-refractivity contribution in [3.63, 3.8) is 0 Å². The SMILES string of the molecule is C[C@@H](Sc1ccc(Cl)c(C(F)(F)F)c1)C(=O)Nc1ccccc1F. The van der Waals surface area contributed by atoms with Gasteiger partial charge in [0.2, 0.25) is 5.91 Å². The zero-order valence-electron chi connectivity index (χ0n) is 12.3. The van der Waals surface area contributed by atoms with E-state index in [0.717, 1.165) is 23.9 Å². The van der Waals surface area contributed by atoms with Gasteiger partial charge in [0.25, 0.3) is 0 Å². The summed E-state index contributed by atoms with van der Waals surface area (Å²) in [6.07, 6.45) is -4.58. The Balaban J connectivity index is 2.11. The van der Waals surface area contributed by atoms with Gasteiger partial charge in [0.05, 0.1) is 21.5 Å². The van der Waals surface area contributed by atoms with Gasteiger partial charge in [0, 0.05) is 4.90 Å². The predicted octanol–water partition coefficient (Wildman–Crippen LogP) is 5.62. The van der Waals surface area contributed by atoms with Gasteiger partial charge in [-0.2, -0.15) is 13.2 Å². The van der Waals surface area contributed by atoms with Crippen molar-refractivity contribution in [3.05, 3.63) is 58.9 Å². The highest BCUT2D eigenvalue weighted by atomic mass is 35.5. The highest BCUT2D eigenvalue weighted by Gasteiger charge is 2.33. The largest absolute Gasteiger partial charge is 0.417 e. The van der Waals surface area contributed by atoms with Crippen LogP contribution < -0.4 is 5.32 Å². The molecule has 0 bridgehead atoms. The average molecular weight is 378 g/mol. The number of halogens is 5. The van der Waals surface area contributed by atoms with Crippen LogP contribution in [0, 0.1) is 5.82 Å². The van der Waals surface area contributed by atoms with Gasteiger partial charge in [-0.25, -0.2) is 4.39 Å². The lowest BCUT2D eigenvalue weighted by atomic mass is 10.2. The number of carbonyl (C=O) groups is 1. The molecule has 0 aliphatic rings. The number of rotatable bonds is 4. The molecular weight excluding hydrogens is 366 g/mol. The minimum atomic E-state index is -4.58. The summed E-state index contributed by atoms with van der Waals surface area (Å²) in [4.78, 5) is 12.3. The van der Waals surface area contributed by atoms with Crippen LogP contribution in [0.5, 0.6) is 0 Å². The van der Waals surface area contributed by atoms with Crippen molar-refractivity contribution >= 4 is 35.0 Å². The van der Waals surface area contributed by atoms with Crippen LogP contribution >= 0.6 is 23.4 Å². The zero-order valence-corrected chi connectivity index (χ0v) is 13.9. The third kappa shape index (κ3) is 4.64. The Morgan fingerprint density at radius 3 is 2.50 bits per heavy atom. The summed E-state index contributed by atoms with van der Waals surface area (Å²) < 4.78 is 52.0. The van der Waals surface area contributed by atoms with Crippen LogP contribution in [0.15, 0.2) is 47.4 Å². The Morgan fingerprint density at radius 1 is 1.21 bits per heavy atom. The van der Waals surface area contributed by atoms with Crippen molar-refractivity contribution in [1.82, 2.24) is 0 Å². The van der Waals surface area contributed by atoms with Crippen LogP contribution in [0.2, 0.25) is 5.02 Å². The second-order valence-corrected chi connectivity index (χ2v) is 6.69. The molecule has 1 N–H and O–H groups in total. The minimum Gasteiger partial charge on any atom is -0.323 e. The Kier molecular flexibility index (Phi) is 5.77. The number of hydrogen-bond donors (Lipinski definition) is 1. The molecule has 0 saturated carbocycles. The summed E-state index contributed by atoms with van der Waals surface area (Å²) in [6, 6.07) is 9.06. The predicted molar refractivity (Wildman–Crippen MR) is 86.8 cm³/mol. The standard InChI is InChI=1S/C16H12ClF4NOS/c1-9(15(23)22-14-5-3-2-4-13(14)18)24-10-6-7-12(17)11(8-10)16(19,20)21/h2-9H,1H3,(H,22,23)/t9-/m1/s1. The maximum absolute atomic E-state index is 13.5. The summed E-state index contributed by atoms with van der Waals surface area (Å²) in [5, 5.41) is 1.27. The van der Waals surface area contributed by atoms with Crippen molar-refractivity contribution in [2.45, 2.75) is 23.2 Å². The molecule has 1 amide bonds. The molecule has 0 unspecified atom stereocenters. The Morgan fingerprint density at radius 2 is 1.88 bits per heavy atom. The Hall–Kier alpha value is -1.73. The number of thioether (sulfide) groups is 1. The molecule has 0 heterocycles. The van der Waals surface area contributed by atoms with E-state index in [4.69, 9.17) is 11.6 Å². The van der Waals surface area contributed by atoms with E-state index in [9.17, 15) is 22.4 Å². The lowest BCUT2D eigenvalue weighted by Gasteiger charge is -2.14. The molecule has 1 atom stereocenters. The smallest absolute Gasteiger partial charge is 0.323 e. The van der Waals surface area contributed by atoms with Gasteiger partial charge in [-0.3, -0.25) is 4.79 Å². The maximum Gasteiger partial charge on any atom is 0.417 e. The summed E-state index contributed by atoms with van der Waals surface area (Å²) in [5.74, 6) is -1.11. The zero-order chi connectivity index (χ0) is 17.9. The van der Waals surface area contributed by atoms with E-state index in [1.165, 1.54) is 31.2 Å². The second kappa shape index (κ2) is 7.44. The van der Waals surface area contributed by atoms with E-state index in [0.29, 0.717) is 0 Å². The number of para-hydroxylation sites is 1. The molecule has 24 heavy (non-hydrogen) atoms. The van der Waals surface area contributed by atoms with Gasteiger partial charge in [-0.05, 0) is 37.3 Å². The first kappa shape index (κ1) is 18.6. The molecule has 0 saturated heterocycles. The van der Waals surface area contributed by atoms with Crippen molar-refractivity contribution in [2.75, 3.05) is 5.32 Å². The first-order valence-corrected chi connectivity index (χ1v) is 8.03. The summed E-state index contributed by atoms with van der Waals surface area (Å²) in [5.41, 5.74) is -0.946. The highest BCUT2D eigenvalue weighted by Crippen LogP contribution is 2.37. The topological polar surface area (TPSA) is 29.1 Å². The van der Waals surface area contributed by atoms with E-state index in [1.807, 2.05) is 0 Å². The van der Waals surface area contributed by atoms with Crippen molar-refractivity contribution in [3.8, 4) is 0 Å². The first-order valence-electron chi connectivity index (χ1n) is 6.77. The molecule has 0 aliphatic heterocycles. The highest BCUT2D eigenvalue weighted by molar-refractivity contribution is 8.00. The van der Waals surface area contributed by atoms with E-state index >= 15 is 0 Å². The molecular formula is C16H12ClF4NOS. The molecule has 8 heteroatoms. The van der Waals surface area contributed by atoms with Crippen LogP contribution in [0.4, 0.5) is 23.2 Å². The first-order chi connectivity index (χ1) is 11.2. The van der Waals surface area contributed by atoms with Crippen molar-refractivity contribution in [1.29, 1.82) is 0 Å². The summed E-state index contributed by atoms with van der Waals surface area (Å²) in [7, 11) is 0. The lowest BCUT2D eigenvalue weighted by molar-refractivity contribution is -0.137. The maximum atomic E-state index is 13.5. The number of carbonyl (C=O) groups excluding carboxylic acids is 1. The van der Waals surface area contributed by atoms with Gasteiger partial charge < -0.3 is 5.32 Å². The second-order valence-electron chi connectivity index (χ2n) is 4.87. The van der Waals surface area contributed by atoms with E-state index in [-0.39, 0.29) is 10.6 Å². The minimum absolute atomic E-state index is 0.0158. The molecule has 128 valence electrons. The number of nitrogens with one attached hydrogen (secondary N) is 1.